The van der Waals surface area contributed by atoms with E-state index < -0.39 is 0 Å². The number of hydrogen-bond acceptors (Lipinski definition) is 2. The van der Waals surface area contributed by atoms with Crippen LogP contribution in [-0.4, -0.2) is 36.1 Å². The molecule has 4 heteroatoms. The second-order valence-corrected chi connectivity index (χ2v) is 7.02. The van der Waals surface area contributed by atoms with E-state index in [2.05, 4.69) is 10.2 Å². The third-order valence-corrected chi connectivity index (χ3v) is 5.74. The van der Waals surface area contributed by atoms with Gasteiger partial charge in [0.2, 0.25) is 0 Å². The third-order valence-electron chi connectivity index (χ3n) is 5.74. The van der Waals surface area contributed by atoms with Crippen molar-refractivity contribution in [3.63, 3.8) is 0 Å². The van der Waals surface area contributed by atoms with E-state index in [4.69, 9.17) is 5.73 Å². The van der Waals surface area contributed by atoms with Gasteiger partial charge in [0.05, 0.1) is 0 Å². The molecule has 5 aliphatic rings. The molecule has 18 heavy (non-hydrogen) atoms. The van der Waals surface area contributed by atoms with Crippen molar-refractivity contribution in [3.05, 3.63) is 0 Å². The monoisotopic (exact) mass is 249 g/mol. The van der Waals surface area contributed by atoms with Crippen LogP contribution in [-0.2, 0) is 0 Å². The molecule has 1 aliphatic heterocycles. The number of hydrogen-bond donors (Lipinski definition) is 2. The highest BCUT2D eigenvalue weighted by atomic mass is 16.2. The van der Waals surface area contributed by atoms with Crippen LogP contribution >= 0.6 is 0 Å². The van der Waals surface area contributed by atoms with Gasteiger partial charge in [-0.25, -0.2) is 4.79 Å². The van der Waals surface area contributed by atoms with E-state index in [1.165, 1.54) is 32.1 Å². The fourth-order valence-corrected chi connectivity index (χ4v) is 5.38. The molecule has 1 saturated heterocycles. The van der Waals surface area contributed by atoms with E-state index in [1.807, 2.05) is 0 Å². The Morgan fingerprint density at radius 3 is 2.28 bits per heavy atom. The van der Waals surface area contributed by atoms with Crippen LogP contribution in [0, 0.1) is 23.7 Å². The van der Waals surface area contributed by atoms with Crippen molar-refractivity contribution < 1.29 is 4.79 Å². The van der Waals surface area contributed by atoms with Crippen molar-refractivity contribution in [2.75, 3.05) is 13.1 Å². The Kier molecular flexibility index (Phi) is 2.38. The van der Waals surface area contributed by atoms with Crippen molar-refractivity contribution in [1.82, 2.24) is 10.2 Å². The second-order valence-electron chi connectivity index (χ2n) is 7.02. The lowest BCUT2D eigenvalue weighted by Crippen LogP contribution is -2.65. The molecule has 0 aromatic carbocycles. The summed E-state index contributed by atoms with van der Waals surface area (Å²) in [5, 5.41) is 2.95. The summed E-state index contributed by atoms with van der Waals surface area (Å²) < 4.78 is 0. The van der Waals surface area contributed by atoms with Gasteiger partial charge in [-0.2, -0.15) is 0 Å². The van der Waals surface area contributed by atoms with Gasteiger partial charge in [-0.15, -0.1) is 0 Å². The fraction of sp³-hybridized carbons (Fsp3) is 0.929. The Balaban J connectivity index is 1.58. The zero-order valence-electron chi connectivity index (χ0n) is 10.8. The SMILES string of the molecule is NC1CNC(=O)N(C2C3CC4CC(C3)CC2C4)C1. The topological polar surface area (TPSA) is 58.4 Å². The lowest BCUT2D eigenvalue weighted by molar-refractivity contribution is -0.0547. The van der Waals surface area contributed by atoms with Gasteiger partial charge in [-0.1, -0.05) is 0 Å². The van der Waals surface area contributed by atoms with Gasteiger partial charge in [0, 0.05) is 25.2 Å². The number of nitrogens with one attached hydrogen (secondary N) is 1. The molecule has 5 fully saturated rings. The number of carbonyl (C=O) groups is 1. The third kappa shape index (κ3) is 1.58. The fourth-order valence-electron chi connectivity index (χ4n) is 5.38. The Morgan fingerprint density at radius 1 is 1.06 bits per heavy atom. The maximum Gasteiger partial charge on any atom is 0.317 e. The number of carbonyl (C=O) groups excluding carboxylic acids is 1. The van der Waals surface area contributed by atoms with Crippen molar-refractivity contribution in [3.8, 4) is 0 Å². The summed E-state index contributed by atoms with van der Waals surface area (Å²) in [7, 11) is 0. The molecule has 0 spiro atoms. The summed E-state index contributed by atoms with van der Waals surface area (Å²) in [5.41, 5.74) is 6.02. The molecular weight excluding hydrogens is 226 g/mol. The first-order valence-corrected chi connectivity index (χ1v) is 7.50. The zero-order chi connectivity index (χ0) is 12.3. The molecule has 0 radical (unpaired) electrons. The number of rotatable bonds is 1. The minimum Gasteiger partial charge on any atom is -0.336 e. The molecule has 1 atom stereocenters. The summed E-state index contributed by atoms with van der Waals surface area (Å²) in [6.45, 7) is 1.40. The Bertz CT molecular complexity index is 342. The van der Waals surface area contributed by atoms with Gasteiger partial charge >= 0.3 is 6.03 Å². The number of amides is 2. The van der Waals surface area contributed by atoms with Crippen LogP contribution in [0.5, 0.6) is 0 Å². The first-order valence-electron chi connectivity index (χ1n) is 7.50. The highest BCUT2D eigenvalue weighted by molar-refractivity contribution is 5.75. The Labute approximate surface area is 108 Å². The minimum absolute atomic E-state index is 0.111. The lowest BCUT2D eigenvalue weighted by Gasteiger charge is -2.57. The first kappa shape index (κ1) is 11.1. The first-order chi connectivity index (χ1) is 8.70. The maximum atomic E-state index is 12.1. The normalized spacial score (nSPS) is 50.5. The van der Waals surface area contributed by atoms with E-state index in [0.717, 1.165) is 30.2 Å². The summed E-state index contributed by atoms with van der Waals surface area (Å²) >= 11 is 0. The number of urea groups is 1. The van der Waals surface area contributed by atoms with Gasteiger partial charge in [0.15, 0.2) is 0 Å². The summed E-state index contributed by atoms with van der Waals surface area (Å²) in [5.74, 6) is 3.45. The Hall–Kier alpha value is -0.770. The van der Waals surface area contributed by atoms with Crippen molar-refractivity contribution in [1.29, 1.82) is 0 Å². The molecular formula is C14H23N3O. The van der Waals surface area contributed by atoms with Crippen LogP contribution in [0.25, 0.3) is 0 Å². The van der Waals surface area contributed by atoms with Crippen LogP contribution < -0.4 is 11.1 Å². The molecule has 4 saturated carbocycles. The molecule has 0 aromatic heterocycles. The molecule has 4 aliphatic carbocycles. The van der Waals surface area contributed by atoms with E-state index in [9.17, 15) is 4.79 Å². The smallest absolute Gasteiger partial charge is 0.317 e. The van der Waals surface area contributed by atoms with Crippen LogP contribution in [0.3, 0.4) is 0 Å². The van der Waals surface area contributed by atoms with Gasteiger partial charge < -0.3 is 16.0 Å². The molecule has 2 amide bonds. The number of nitrogens with two attached hydrogens (primary N) is 1. The van der Waals surface area contributed by atoms with Gasteiger partial charge in [0.1, 0.15) is 0 Å². The number of nitrogens with zero attached hydrogens (tertiary/aromatic N) is 1. The molecule has 4 nitrogen and oxygen atoms in total. The lowest BCUT2D eigenvalue weighted by atomic mass is 9.54. The van der Waals surface area contributed by atoms with Crippen LogP contribution in [0.1, 0.15) is 32.1 Å². The highest BCUT2D eigenvalue weighted by Crippen LogP contribution is 2.55. The van der Waals surface area contributed by atoms with E-state index in [-0.39, 0.29) is 12.1 Å². The average molecular weight is 249 g/mol. The second kappa shape index (κ2) is 3.86. The van der Waals surface area contributed by atoms with E-state index >= 15 is 0 Å². The predicted octanol–water partition coefficient (Wildman–Crippen LogP) is 1.16. The van der Waals surface area contributed by atoms with Crippen LogP contribution in [0.2, 0.25) is 0 Å². The minimum atomic E-state index is 0.111. The molecule has 0 aromatic rings. The van der Waals surface area contributed by atoms with E-state index in [1.54, 1.807) is 0 Å². The summed E-state index contributed by atoms with van der Waals surface area (Å²) in [4.78, 5) is 14.2. The maximum absolute atomic E-state index is 12.1. The van der Waals surface area contributed by atoms with Gasteiger partial charge in [-0.05, 0) is 55.8 Å². The summed E-state index contributed by atoms with van der Waals surface area (Å²) in [6.07, 6.45) is 6.90. The molecule has 1 unspecified atom stereocenters. The highest BCUT2D eigenvalue weighted by Gasteiger charge is 2.51. The van der Waals surface area contributed by atoms with Crippen molar-refractivity contribution in [2.24, 2.45) is 29.4 Å². The van der Waals surface area contributed by atoms with Gasteiger partial charge in [-0.3, -0.25) is 0 Å². The Morgan fingerprint density at radius 2 is 1.67 bits per heavy atom. The van der Waals surface area contributed by atoms with Crippen molar-refractivity contribution in [2.45, 2.75) is 44.2 Å². The van der Waals surface area contributed by atoms with Crippen molar-refractivity contribution >= 4 is 6.03 Å². The molecule has 100 valence electrons. The molecule has 3 N–H and O–H groups in total. The predicted molar refractivity (Wildman–Crippen MR) is 68.9 cm³/mol. The average Bonchev–Trinajstić information content (AvgIpc) is 2.32. The van der Waals surface area contributed by atoms with Crippen LogP contribution in [0.4, 0.5) is 4.79 Å². The standard InChI is InChI=1S/C14H23N3O/c15-12-6-16-14(18)17(7-12)13-10-2-8-1-9(4-10)5-11(13)3-8/h8-13H,1-7,15H2,(H,16,18). The summed E-state index contributed by atoms with van der Waals surface area (Å²) in [6, 6.07) is 0.734. The quantitative estimate of drug-likeness (QED) is 0.733. The van der Waals surface area contributed by atoms with E-state index in [0.29, 0.717) is 12.6 Å². The molecule has 5 rings (SSSR count). The van der Waals surface area contributed by atoms with Gasteiger partial charge in [0.25, 0.3) is 0 Å². The zero-order valence-corrected chi connectivity index (χ0v) is 10.8. The molecule has 1 heterocycles. The van der Waals surface area contributed by atoms with Crippen LogP contribution in [0.15, 0.2) is 0 Å². The molecule has 4 bridgehead atoms. The largest absolute Gasteiger partial charge is 0.336 e.